The summed E-state index contributed by atoms with van der Waals surface area (Å²) in [5.41, 5.74) is 0.0712. The van der Waals surface area contributed by atoms with Gasteiger partial charge in [0.15, 0.2) is 5.78 Å². The van der Waals surface area contributed by atoms with E-state index in [2.05, 4.69) is 0 Å². The highest BCUT2D eigenvalue weighted by molar-refractivity contribution is 5.98. The molecule has 1 aliphatic rings. The van der Waals surface area contributed by atoms with E-state index in [0.29, 0.717) is 5.56 Å². The van der Waals surface area contributed by atoms with Gasteiger partial charge in [-0.1, -0.05) is 61.6 Å². The summed E-state index contributed by atoms with van der Waals surface area (Å²) in [6, 6.07) is 8.98. The molecule has 2 rings (SSSR count). The van der Waals surface area contributed by atoms with Gasteiger partial charge in [-0.05, 0) is 0 Å². The SMILES string of the molecule is CC1(CO)C=CC=CC1C(CO)C(=O)c1ccccc1. The summed E-state index contributed by atoms with van der Waals surface area (Å²) < 4.78 is 0. The minimum Gasteiger partial charge on any atom is -0.396 e. The van der Waals surface area contributed by atoms with Gasteiger partial charge in [-0.2, -0.15) is 0 Å². The summed E-state index contributed by atoms with van der Waals surface area (Å²) in [6.07, 6.45) is 7.54. The van der Waals surface area contributed by atoms with Gasteiger partial charge >= 0.3 is 0 Å². The first-order chi connectivity index (χ1) is 9.62. The molecule has 3 nitrogen and oxygen atoms in total. The van der Waals surface area contributed by atoms with Crippen LogP contribution in [-0.2, 0) is 0 Å². The second kappa shape index (κ2) is 6.16. The molecule has 0 amide bonds. The highest BCUT2D eigenvalue weighted by Crippen LogP contribution is 2.38. The van der Waals surface area contributed by atoms with Crippen molar-refractivity contribution in [1.29, 1.82) is 0 Å². The lowest BCUT2D eigenvalue weighted by Crippen LogP contribution is -2.39. The van der Waals surface area contributed by atoms with Crippen molar-refractivity contribution in [3.05, 3.63) is 60.2 Å². The van der Waals surface area contributed by atoms with E-state index in [4.69, 9.17) is 0 Å². The highest BCUT2D eigenvalue weighted by atomic mass is 16.3. The molecule has 0 saturated carbocycles. The molecule has 0 aliphatic heterocycles. The fraction of sp³-hybridized carbons (Fsp3) is 0.353. The first-order valence-corrected chi connectivity index (χ1v) is 6.79. The van der Waals surface area contributed by atoms with Crippen LogP contribution in [0.2, 0.25) is 0 Å². The summed E-state index contributed by atoms with van der Waals surface area (Å²) in [5, 5.41) is 19.3. The maximum Gasteiger partial charge on any atom is 0.168 e. The molecular weight excluding hydrogens is 252 g/mol. The molecule has 0 spiro atoms. The van der Waals surface area contributed by atoms with Gasteiger partial charge < -0.3 is 10.2 Å². The molecule has 0 bridgehead atoms. The molecule has 106 valence electrons. The van der Waals surface area contributed by atoms with Crippen LogP contribution < -0.4 is 0 Å². The van der Waals surface area contributed by atoms with E-state index in [-0.39, 0.29) is 24.9 Å². The highest BCUT2D eigenvalue weighted by Gasteiger charge is 2.39. The van der Waals surface area contributed by atoms with E-state index < -0.39 is 11.3 Å². The Kier molecular flexibility index (Phi) is 4.53. The number of hydrogen-bond acceptors (Lipinski definition) is 3. The van der Waals surface area contributed by atoms with Crippen molar-refractivity contribution in [1.82, 2.24) is 0 Å². The molecule has 3 atom stereocenters. The van der Waals surface area contributed by atoms with Crippen LogP contribution in [0.1, 0.15) is 17.3 Å². The lowest BCUT2D eigenvalue weighted by molar-refractivity contribution is 0.0600. The molecule has 0 heterocycles. The third kappa shape index (κ3) is 2.74. The molecule has 0 radical (unpaired) electrons. The van der Waals surface area contributed by atoms with Crippen molar-refractivity contribution in [2.24, 2.45) is 17.3 Å². The van der Waals surface area contributed by atoms with Crippen LogP contribution in [0.5, 0.6) is 0 Å². The van der Waals surface area contributed by atoms with Crippen LogP contribution in [0.4, 0.5) is 0 Å². The van der Waals surface area contributed by atoms with Gasteiger partial charge in [0.2, 0.25) is 0 Å². The average molecular weight is 272 g/mol. The molecule has 2 N–H and O–H groups in total. The van der Waals surface area contributed by atoms with Gasteiger partial charge in [0.25, 0.3) is 0 Å². The number of rotatable bonds is 5. The molecule has 1 aliphatic carbocycles. The van der Waals surface area contributed by atoms with E-state index in [1.165, 1.54) is 0 Å². The molecule has 3 unspecified atom stereocenters. The lowest BCUT2D eigenvalue weighted by atomic mass is 9.67. The van der Waals surface area contributed by atoms with E-state index in [9.17, 15) is 15.0 Å². The van der Waals surface area contributed by atoms with E-state index in [1.807, 2.05) is 49.4 Å². The summed E-state index contributed by atoms with van der Waals surface area (Å²) in [7, 11) is 0. The Morgan fingerprint density at radius 2 is 1.95 bits per heavy atom. The predicted octanol–water partition coefficient (Wildman–Crippen LogP) is 2.22. The maximum atomic E-state index is 12.6. The fourth-order valence-corrected chi connectivity index (χ4v) is 2.72. The Morgan fingerprint density at radius 3 is 2.55 bits per heavy atom. The standard InChI is InChI=1S/C17H20O3/c1-17(12-19)10-6-5-9-15(17)14(11-18)16(20)13-7-3-2-4-8-13/h2-10,14-15,18-19H,11-12H2,1H3. The maximum absolute atomic E-state index is 12.6. The number of hydrogen-bond donors (Lipinski definition) is 2. The van der Waals surface area contributed by atoms with E-state index in [1.54, 1.807) is 12.1 Å². The molecule has 0 fully saturated rings. The van der Waals surface area contributed by atoms with Crippen molar-refractivity contribution in [2.45, 2.75) is 6.92 Å². The second-order valence-electron chi connectivity index (χ2n) is 5.45. The quantitative estimate of drug-likeness (QED) is 0.808. The van der Waals surface area contributed by atoms with Gasteiger partial charge in [-0.25, -0.2) is 0 Å². The smallest absolute Gasteiger partial charge is 0.168 e. The first-order valence-electron chi connectivity index (χ1n) is 6.79. The lowest BCUT2D eigenvalue weighted by Gasteiger charge is -2.37. The van der Waals surface area contributed by atoms with Gasteiger partial charge in [0.05, 0.1) is 19.1 Å². The number of aliphatic hydroxyl groups is 2. The predicted molar refractivity (Wildman–Crippen MR) is 78.3 cm³/mol. The van der Waals surface area contributed by atoms with Crippen LogP contribution in [-0.4, -0.2) is 29.2 Å². The van der Waals surface area contributed by atoms with Crippen LogP contribution >= 0.6 is 0 Å². The number of Topliss-reactive ketones (excluding diaryl/α,β-unsaturated/α-hetero) is 1. The van der Waals surface area contributed by atoms with Gasteiger partial charge in [0, 0.05) is 16.9 Å². The third-order valence-electron chi connectivity index (χ3n) is 4.03. The number of carbonyl (C=O) groups is 1. The molecule has 3 heteroatoms. The minimum absolute atomic E-state index is 0.0585. The number of ketones is 1. The summed E-state index contributed by atoms with van der Waals surface area (Å²) in [6.45, 7) is 1.61. The van der Waals surface area contributed by atoms with Gasteiger partial charge in [-0.3, -0.25) is 4.79 Å². The molecule has 20 heavy (non-hydrogen) atoms. The van der Waals surface area contributed by atoms with Crippen LogP contribution in [0, 0.1) is 17.3 Å². The first kappa shape index (κ1) is 14.7. The van der Waals surface area contributed by atoms with Crippen LogP contribution in [0.3, 0.4) is 0 Å². The Balaban J connectivity index is 2.30. The Hall–Kier alpha value is -1.71. The number of carbonyl (C=O) groups excluding carboxylic acids is 1. The van der Waals surface area contributed by atoms with Crippen LogP contribution in [0.25, 0.3) is 0 Å². The van der Waals surface area contributed by atoms with Crippen molar-refractivity contribution in [2.75, 3.05) is 13.2 Å². The van der Waals surface area contributed by atoms with E-state index in [0.717, 1.165) is 0 Å². The number of benzene rings is 1. The zero-order valence-electron chi connectivity index (χ0n) is 11.6. The van der Waals surface area contributed by atoms with Gasteiger partial charge in [0.1, 0.15) is 0 Å². The molecular formula is C17H20O3. The topological polar surface area (TPSA) is 57.5 Å². The van der Waals surface area contributed by atoms with Crippen molar-refractivity contribution in [3.8, 4) is 0 Å². The van der Waals surface area contributed by atoms with Crippen molar-refractivity contribution < 1.29 is 15.0 Å². The second-order valence-corrected chi connectivity index (χ2v) is 5.45. The monoisotopic (exact) mass is 272 g/mol. The number of aliphatic hydroxyl groups excluding tert-OH is 2. The third-order valence-corrected chi connectivity index (χ3v) is 4.03. The zero-order valence-corrected chi connectivity index (χ0v) is 11.6. The Morgan fingerprint density at radius 1 is 1.25 bits per heavy atom. The zero-order chi connectivity index (χ0) is 14.6. The van der Waals surface area contributed by atoms with Gasteiger partial charge in [-0.15, -0.1) is 0 Å². The largest absolute Gasteiger partial charge is 0.396 e. The Labute approximate surface area is 119 Å². The molecule has 0 aromatic heterocycles. The average Bonchev–Trinajstić information content (AvgIpc) is 2.50. The van der Waals surface area contributed by atoms with E-state index >= 15 is 0 Å². The van der Waals surface area contributed by atoms with Crippen LogP contribution in [0.15, 0.2) is 54.6 Å². The fourth-order valence-electron chi connectivity index (χ4n) is 2.72. The van der Waals surface area contributed by atoms with Crippen molar-refractivity contribution >= 4 is 5.78 Å². The Bertz CT molecular complexity index is 518. The molecule has 1 aromatic rings. The summed E-state index contributed by atoms with van der Waals surface area (Å²) >= 11 is 0. The minimum atomic E-state index is -0.546. The van der Waals surface area contributed by atoms with Crippen molar-refractivity contribution in [3.63, 3.8) is 0 Å². The number of allylic oxidation sites excluding steroid dienone is 3. The molecule has 0 saturated heterocycles. The summed E-state index contributed by atoms with van der Waals surface area (Å²) in [5.74, 6) is -0.844. The normalized spacial score (nSPS) is 26.4. The summed E-state index contributed by atoms with van der Waals surface area (Å²) in [4.78, 5) is 12.6. The molecule has 1 aromatic carbocycles.